The Bertz CT molecular complexity index is 965. The lowest BCUT2D eigenvalue weighted by molar-refractivity contribution is -0.0992. The van der Waals surface area contributed by atoms with Gasteiger partial charge in [-0.05, 0) is 5.56 Å². The van der Waals surface area contributed by atoms with Gasteiger partial charge in [0.2, 0.25) is 11.6 Å². The highest BCUT2D eigenvalue weighted by molar-refractivity contribution is 6.23. The maximum absolute atomic E-state index is 13.1. The highest BCUT2D eigenvalue weighted by Crippen LogP contribution is 2.36. The van der Waals surface area contributed by atoms with E-state index in [0.29, 0.717) is 12.4 Å². The van der Waals surface area contributed by atoms with Crippen molar-refractivity contribution in [2.75, 3.05) is 6.61 Å². The Labute approximate surface area is 154 Å². The van der Waals surface area contributed by atoms with E-state index in [0.717, 1.165) is 5.56 Å². The third-order valence-corrected chi connectivity index (χ3v) is 5.04. The number of nitrogens with zero attached hydrogens (tertiary/aromatic N) is 2. The quantitative estimate of drug-likeness (QED) is 0.824. The summed E-state index contributed by atoms with van der Waals surface area (Å²) in [5.74, 6) is -0.197. The van der Waals surface area contributed by atoms with E-state index in [1.165, 1.54) is 6.08 Å². The molecule has 1 aliphatic carbocycles. The molecule has 3 aliphatic rings. The van der Waals surface area contributed by atoms with Crippen LogP contribution in [0.4, 0.5) is 0 Å². The minimum atomic E-state index is -0.776. The van der Waals surface area contributed by atoms with Gasteiger partial charge in [-0.15, -0.1) is 0 Å². The van der Waals surface area contributed by atoms with Gasteiger partial charge in [0, 0.05) is 12.6 Å². The van der Waals surface area contributed by atoms with Crippen molar-refractivity contribution in [1.29, 1.82) is 0 Å². The third-order valence-electron chi connectivity index (χ3n) is 5.04. The molecule has 1 saturated heterocycles. The topological polar surface area (TPSA) is 103 Å². The summed E-state index contributed by atoms with van der Waals surface area (Å²) in [5, 5.41) is 13.1. The number of allylic oxidation sites excluding steroid dienone is 2. The van der Waals surface area contributed by atoms with Crippen molar-refractivity contribution in [3.8, 4) is 0 Å². The van der Waals surface area contributed by atoms with Crippen LogP contribution >= 0.6 is 0 Å². The van der Waals surface area contributed by atoms with Crippen molar-refractivity contribution in [2.24, 2.45) is 0 Å². The lowest BCUT2D eigenvalue weighted by atomic mass is 10.0. The van der Waals surface area contributed by atoms with Crippen LogP contribution in [0.2, 0.25) is 0 Å². The van der Waals surface area contributed by atoms with E-state index < -0.39 is 18.4 Å². The third kappa shape index (κ3) is 2.53. The van der Waals surface area contributed by atoms with Crippen molar-refractivity contribution < 1.29 is 24.2 Å². The Kier molecular flexibility index (Phi) is 3.71. The van der Waals surface area contributed by atoms with E-state index in [4.69, 9.17) is 9.47 Å². The normalized spacial score (nSPS) is 26.3. The number of ketones is 2. The summed E-state index contributed by atoms with van der Waals surface area (Å²) < 4.78 is 12.8. The number of hydrogen-bond acceptors (Lipinski definition) is 7. The Morgan fingerprint density at radius 3 is 2.85 bits per heavy atom. The zero-order chi connectivity index (χ0) is 18.5. The van der Waals surface area contributed by atoms with E-state index in [1.54, 1.807) is 4.57 Å². The molecule has 3 atom stereocenters. The number of carbonyl (C=O) groups excluding carboxylic acids is 2. The van der Waals surface area contributed by atoms with Crippen LogP contribution in [-0.4, -0.2) is 45.0 Å². The fourth-order valence-corrected chi connectivity index (χ4v) is 3.72. The predicted molar refractivity (Wildman–Crippen MR) is 91.8 cm³/mol. The number of imidazole rings is 1. The molecule has 1 aromatic carbocycles. The van der Waals surface area contributed by atoms with Gasteiger partial charge in [0.25, 0.3) is 0 Å². The first-order valence-corrected chi connectivity index (χ1v) is 8.74. The van der Waals surface area contributed by atoms with Gasteiger partial charge >= 0.3 is 0 Å². The number of aliphatic hydroxyl groups excluding tert-OH is 1. The molecule has 2 aromatic rings. The van der Waals surface area contributed by atoms with Gasteiger partial charge in [0.15, 0.2) is 6.23 Å². The minimum Gasteiger partial charge on any atom is -0.388 e. The molecule has 0 amide bonds. The largest absolute Gasteiger partial charge is 0.388 e. The molecule has 2 N–H and O–H groups in total. The smallest absolute Gasteiger partial charge is 0.227 e. The maximum Gasteiger partial charge on any atom is 0.227 e. The molecule has 1 fully saturated rings. The Morgan fingerprint density at radius 2 is 2.04 bits per heavy atom. The van der Waals surface area contributed by atoms with Crippen LogP contribution in [0, 0.1) is 0 Å². The summed E-state index contributed by atoms with van der Waals surface area (Å²) in [6.07, 6.45) is -0.729. The molecular weight excluding hydrogens is 350 g/mol. The number of fused-ring (bicyclic) bond motifs is 5. The van der Waals surface area contributed by atoms with Crippen LogP contribution in [0.25, 0.3) is 0 Å². The minimum absolute atomic E-state index is 0.106. The first kappa shape index (κ1) is 16.4. The highest BCUT2D eigenvalue weighted by atomic mass is 16.6. The molecule has 0 unspecified atom stereocenters. The molecule has 0 bridgehead atoms. The Morgan fingerprint density at radius 1 is 1.22 bits per heavy atom. The number of rotatable bonds is 3. The molecule has 8 heteroatoms. The van der Waals surface area contributed by atoms with Crippen molar-refractivity contribution in [3.63, 3.8) is 0 Å². The van der Waals surface area contributed by atoms with Crippen LogP contribution in [0.15, 0.2) is 42.1 Å². The molecule has 0 saturated carbocycles. The number of aliphatic hydroxyl groups is 1. The summed E-state index contributed by atoms with van der Waals surface area (Å²) >= 11 is 0. The highest BCUT2D eigenvalue weighted by Gasteiger charge is 2.46. The fraction of sp³-hybridized carbons (Fsp3) is 0.316. The van der Waals surface area contributed by atoms with E-state index in [9.17, 15) is 14.7 Å². The molecule has 8 nitrogen and oxygen atoms in total. The predicted octanol–water partition coefficient (Wildman–Crippen LogP) is 0.724. The van der Waals surface area contributed by atoms with Gasteiger partial charge in [-0.2, -0.15) is 0 Å². The first-order chi connectivity index (χ1) is 13.1. The van der Waals surface area contributed by atoms with Crippen LogP contribution in [-0.2, 0) is 22.6 Å². The van der Waals surface area contributed by atoms with Crippen LogP contribution in [0.5, 0.6) is 0 Å². The van der Waals surface area contributed by atoms with Gasteiger partial charge in [-0.3, -0.25) is 14.2 Å². The fourth-order valence-electron chi connectivity index (χ4n) is 3.72. The average molecular weight is 367 g/mol. The van der Waals surface area contributed by atoms with Gasteiger partial charge in [-0.1, -0.05) is 30.3 Å². The Hall–Kier alpha value is -2.81. The summed E-state index contributed by atoms with van der Waals surface area (Å²) in [4.78, 5) is 29.9. The maximum atomic E-state index is 13.1. The monoisotopic (exact) mass is 367 g/mol. The molecule has 5 rings (SSSR count). The lowest BCUT2D eigenvalue weighted by Gasteiger charge is -2.29. The van der Waals surface area contributed by atoms with Crippen LogP contribution in [0.3, 0.4) is 0 Å². The Balaban J connectivity index is 1.48. The lowest BCUT2D eigenvalue weighted by Crippen LogP contribution is -2.38. The second-order valence-corrected chi connectivity index (χ2v) is 6.75. The molecule has 0 radical (unpaired) electrons. The van der Waals surface area contributed by atoms with Crippen molar-refractivity contribution in [1.82, 2.24) is 14.9 Å². The molecular formula is C19H17N3O5. The van der Waals surface area contributed by atoms with Crippen molar-refractivity contribution >= 4 is 11.6 Å². The first-order valence-electron chi connectivity index (χ1n) is 8.74. The standard InChI is InChI=1S/C19H17N3O5/c23-12-6-11(20-7-10-4-2-1-3-5-10)17(25)16-15(12)21-14-9-26-18-13(24)8-27-19(18)22(14)16/h1-6,13,18-20,24H,7-9H2/t13-,18-,19+/m1/s1. The summed E-state index contributed by atoms with van der Waals surface area (Å²) in [6.45, 7) is 0.646. The summed E-state index contributed by atoms with van der Waals surface area (Å²) in [7, 11) is 0. The molecule has 138 valence electrons. The van der Waals surface area contributed by atoms with Gasteiger partial charge in [0.05, 0.1) is 12.3 Å². The van der Waals surface area contributed by atoms with Gasteiger partial charge in [-0.25, -0.2) is 4.98 Å². The molecule has 3 heterocycles. The van der Waals surface area contributed by atoms with E-state index >= 15 is 0 Å². The number of ether oxygens (including phenoxy) is 2. The molecule has 1 aromatic heterocycles. The number of Topliss-reactive ketones (excluding diaryl/α,β-unsaturated/α-hetero) is 1. The molecule has 2 aliphatic heterocycles. The number of benzene rings is 1. The molecule has 27 heavy (non-hydrogen) atoms. The van der Waals surface area contributed by atoms with E-state index in [1.807, 2.05) is 30.3 Å². The molecule has 0 spiro atoms. The number of nitrogens with one attached hydrogen (secondary N) is 1. The average Bonchev–Trinajstić information content (AvgIpc) is 3.25. The van der Waals surface area contributed by atoms with Gasteiger partial charge < -0.3 is 19.9 Å². The zero-order valence-corrected chi connectivity index (χ0v) is 14.3. The summed E-state index contributed by atoms with van der Waals surface area (Å²) in [6, 6.07) is 9.60. The number of carbonyl (C=O) groups is 2. The number of hydrogen-bond donors (Lipinski definition) is 2. The number of aromatic nitrogens is 2. The zero-order valence-electron chi connectivity index (χ0n) is 14.3. The van der Waals surface area contributed by atoms with Gasteiger partial charge in [0.1, 0.15) is 36.0 Å². The summed E-state index contributed by atoms with van der Waals surface area (Å²) in [5.41, 5.74) is 1.52. The SMILES string of the molecule is O=C1C=C(NCc2ccccc2)C(=O)c2c1nc1n2[C@H]2OC[C@@H](O)[C@H]2OC1. The van der Waals surface area contributed by atoms with Crippen molar-refractivity contribution in [3.05, 3.63) is 64.9 Å². The van der Waals surface area contributed by atoms with Crippen LogP contribution < -0.4 is 5.32 Å². The van der Waals surface area contributed by atoms with Crippen LogP contribution in [0.1, 0.15) is 38.6 Å². The van der Waals surface area contributed by atoms with E-state index in [-0.39, 0.29) is 41.9 Å². The van der Waals surface area contributed by atoms with E-state index in [2.05, 4.69) is 10.3 Å². The van der Waals surface area contributed by atoms with Crippen molar-refractivity contribution in [2.45, 2.75) is 31.6 Å². The second kappa shape index (κ2) is 6.12. The second-order valence-electron chi connectivity index (χ2n) is 6.75.